The Balaban J connectivity index is 2.74. The SMILES string of the molecule is CC1=NC(C)=C(C=CS(=O)(=O)NC(C)C)C(c2cc([N+](=O)[O-])ccc2Cl)C1C(=O)OC(C)C. The Morgan fingerprint density at radius 3 is 2.45 bits per heavy atom. The molecule has 0 saturated carbocycles. The van der Waals surface area contributed by atoms with Crippen LogP contribution in [0.3, 0.4) is 0 Å². The predicted octanol–water partition coefficient (Wildman–Crippen LogP) is 4.49. The highest BCUT2D eigenvalue weighted by molar-refractivity contribution is 7.92. The minimum absolute atomic E-state index is 0.199. The zero-order valence-corrected chi connectivity index (χ0v) is 20.9. The van der Waals surface area contributed by atoms with Crippen LogP contribution in [-0.4, -0.2) is 37.2 Å². The van der Waals surface area contributed by atoms with Gasteiger partial charge in [0.25, 0.3) is 5.69 Å². The second-order valence-corrected chi connectivity index (χ2v) is 10.3. The number of hydrogen-bond acceptors (Lipinski definition) is 7. The van der Waals surface area contributed by atoms with E-state index in [1.807, 2.05) is 0 Å². The highest BCUT2D eigenvalue weighted by Gasteiger charge is 2.40. The molecule has 2 atom stereocenters. The largest absolute Gasteiger partial charge is 0.462 e. The summed E-state index contributed by atoms with van der Waals surface area (Å²) in [6.45, 7) is 10.1. The summed E-state index contributed by atoms with van der Waals surface area (Å²) in [6, 6.07) is 3.62. The van der Waals surface area contributed by atoms with E-state index >= 15 is 0 Å². The summed E-state index contributed by atoms with van der Waals surface area (Å²) < 4.78 is 32.7. The van der Waals surface area contributed by atoms with Crippen molar-refractivity contribution in [1.29, 1.82) is 0 Å². The maximum atomic E-state index is 13.1. The van der Waals surface area contributed by atoms with Crippen molar-refractivity contribution in [2.24, 2.45) is 10.9 Å². The molecule has 180 valence electrons. The normalized spacial score (nSPS) is 19.4. The summed E-state index contributed by atoms with van der Waals surface area (Å²) in [5, 5.41) is 12.6. The molecule has 2 rings (SSSR count). The fraction of sp³-hybridized carbons (Fsp3) is 0.455. The van der Waals surface area contributed by atoms with Gasteiger partial charge in [-0.25, -0.2) is 13.1 Å². The number of benzene rings is 1. The third-order valence-electron chi connectivity index (χ3n) is 4.84. The van der Waals surface area contributed by atoms with Gasteiger partial charge in [0.05, 0.1) is 11.0 Å². The maximum Gasteiger partial charge on any atom is 0.315 e. The van der Waals surface area contributed by atoms with E-state index in [2.05, 4.69) is 9.71 Å². The number of nitro groups is 1. The van der Waals surface area contributed by atoms with Crippen LogP contribution < -0.4 is 4.72 Å². The van der Waals surface area contributed by atoms with Crippen LogP contribution in [0.25, 0.3) is 0 Å². The first-order chi connectivity index (χ1) is 15.2. The number of nitrogens with one attached hydrogen (secondary N) is 1. The average molecular weight is 498 g/mol. The number of carbonyl (C=O) groups is 1. The lowest BCUT2D eigenvalue weighted by Crippen LogP contribution is -2.35. The van der Waals surface area contributed by atoms with E-state index in [0.29, 0.717) is 22.5 Å². The van der Waals surface area contributed by atoms with E-state index < -0.39 is 38.9 Å². The summed E-state index contributed by atoms with van der Waals surface area (Å²) in [5.41, 5.74) is 1.39. The molecular formula is C22H28ClN3O6S. The average Bonchev–Trinajstić information content (AvgIpc) is 2.65. The Labute approximate surface area is 198 Å². The number of carbonyl (C=O) groups excluding carboxylic acids is 1. The number of non-ortho nitro benzene ring substituents is 1. The van der Waals surface area contributed by atoms with Crippen molar-refractivity contribution in [1.82, 2.24) is 4.72 Å². The van der Waals surface area contributed by atoms with Crippen LogP contribution in [0.15, 0.2) is 45.9 Å². The first kappa shape index (κ1) is 26.7. The van der Waals surface area contributed by atoms with Gasteiger partial charge in [-0.05, 0) is 64.8 Å². The van der Waals surface area contributed by atoms with Crippen molar-refractivity contribution in [2.45, 2.75) is 59.6 Å². The zero-order valence-electron chi connectivity index (χ0n) is 19.3. The number of ether oxygens (including phenoxy) is 1. The molecule has 1 heterocycles. The number of allylic oxidation sites excluding steroid dienone is 3. The topological polar surface area (TPSA) is 128 Å². The summed E-state index contributed by atoms with van der Waals surface area (Å²) in [5.74, 6) is -2.37. The summed E-state index contributed by atoms with van der Waals surface area (Å²) in [6.07, 6.45) is 0.944. The molecule has 1 N–H and O–H groups in total. The molecule has 0 amide bonds. The standard InChI is InChI=1S/C22H28ClN3O6S/c1-12(2)25-33(30,31)10-9-17-14(5)24-15(6)20(22(27)32-13(3)4)21(17)18-11-16(26(28)29)7-8-19(18)23/h7-13,20-21,25H,1-6H3. The fourth-order valence-electron chi connectivity index (χ4n) is 3.64. The molecule has 9 nitrogen and oxygen atoms in total. The van der Waals surface area contributed by atoms with Crippen molar-refractivity contribution >= 4 is 39.0 Å². The lowest BCUT2D eigenvalue weighted by atomic mass is 9.75. The molecule has 0 radical (unpaired) electrons. The minimum Gasteiger partial charge on any atom is -0.462 e. The second-order valence-electron chi connectivity index (χ2n) is 8.32. The molecule has 1 aromatic rings. The Hall–Kier alpha value is -2.56. The molecule has 0 fully saturated rings. The molecule has 1 aromatic carbocycles. The molecule has 2 unspecified atom stereocenters. The van der Waals surface area contributed by atoms with Crippen molar-refractivity contribution in [3.63, 3.8) is 0 Å². The maximum absolute atomic E-state index is 13.1. The van der Waals surface area contributed by atoms with Gasteiger partial charge in [0.2, 0.25) is 10.0 Å². The van der Waals surface area contributed by atoms with Crippen LogP contribution in [0.5, 0.6) is 0 Å². The number of nitro benzene ring substituents is 1. The van der Waals surface area contributed by atoms with E-state index in [1.54, 1.807) is 41.5 Å². The van der Waals surface area contributed by atoms with Gasteiger partial charge in [-0.3, -0.25) is 19.9 Å². The van der Waals surface area contributed by atoms with E-state index in [1.165, 1.54) is 24.3 Å². The Morgan fingerprint density at radius 1 is 1.27 bits per heavy atom. The van der Waals surface area contributed by atoms with Crippen molar-refractivity contribution in [3.8, 4) is 0 Å². The fourth-order valence-corrected chi connectivity index (χ4v) is 4.94. The monoisotopic (exact) mass is 497 g/mol. The van der Waals surface area contributed by atoms with Crippen molar-refractivity contribution in [2.75, 3.05) is 0 Å². The van der Waals surface area contributed by atoms with Crippen LogP contribution in [0.1, 0.15) is 53.0 Å². The second kappa shape index (κ2) is 10.6. The molecule has 11 heteroatoms. The third kappa shape index (κ3) is 6.72. The van der Waals surface area contributed by atoms with Crippen LogP contribution in [0, 0.1) is 16.0 Å². The molecule has 0 aromatic heterocycles. The Morgan fingerprint density at radius 2 is 1.91 bits per heavy atom. The lowest BCUT2D eigenvalue weighted by Gasteiger charge is -2.32. The summed E-state index contributed by atoms with van der Waals surface area (Å²) in [4.78, 5) is 28.4. The molecule has 0 bridgehead atoms. The summed E-state index contributed by atoms with van der Waals surface area (Å²) in [7, 11) is -3.78. The molecule has 0 spiro atoms. The molecule has 1 aliphatic heterocycles. The van der Waals surface area contributed by atoms with Crippen LogP contribution in [0.4, 0.5) is 5.69 Å². The number of esters is 1. The zero-order chi connectivity index (χ0) is 25.1. The van der Waals surface area contributed by atoms with E-state index in [-0.39, 0.29) is 16.8 Å². The van der Waals surface area contributed by atoms with Gasteiger partial charge in [0.15, 0.2) is 0 Å². The van der Waals surface area contributed by atoms with Gasteiger partial charge >= 0.3 is 5.97 Å². The first-order valence-electron chi connectivity index (χ1n) is 10.3. The first-order valence-corrected chi connectivity index (χ1v) is 12.3. The number of nitrogens with zero attached hydrogens (tertiary/aromatic N) is 2. The van der Waals surface area contributed by atoms with Gasteiger partial charge in [-0.1, -0.05) is 11.6 Å². The van der Waals surface area contributed by atoms with Gasteiger partial charge < -0.3 is 4.74 Å². The number of aliphatic imine (C=N–C) groups is 1. The van der Waals surface area contributed by atoms with E-state index in [9.17, 15) is 23.3 Å². The highest BCUT2D eigenvalue weighted by atomic mass is 35.5. The van der Waals surface area contributed by atoms with Crippen molar-refractivity contribution < 1.29 is 22.9 Å². The molecule has 1 aliphatic rings. The third-order valence-corrected chi connectivity index (χ3v) is 6.48. The van der Waals surface area contributed by atoms with Gasteiger partial charge in [0, 0.05) is 45.9 Å². The van der Waals surface area contributed by atoms with E-state index in [0.717, 1.165) is 5.41 Å². The smallest absolute Gasteiger partial charge is 0.315 e. The lowest BCUT2D eigenvalue weighted by molar-refractivity contribution is -0.384. The Bertz CT molecular complexity index is 1140. The predicted molar refractivity (Wildman–Crippen MR) is 128 cm³/mol. The van der Waals surface area contributed by atoms with E-state index in [4.69, 9.17) is 16.3 Å². The molecule has 33 heavy (non-hydrogen) atoms. The minimum atomic E-state index is -3.78. The molecule has 0 aliphatic carbocycles. The van der Waals surface area contributed by atoms with Crippen LogP contribution in [-0.2, 0) is 19.6 Å². The van der Waals surface area contributed by atoms with Crippen molar-refractivity contribution in [3.05, 3.63) is 61.7 Å². The van der Waals surface area contributed by atoms with Gasteiger partial charge in [-0.15, -0.1) is 0 Å². The number of hydrogen-bond donors (Lipinski definition) is 1. The van der Waals surface area contributed by atoms with Gasteiger partial charge in [0.1, 0.15) is 5.92 Å². The number of halogens is 1. The molecular weight excluding hydrogens is 470 g/mol. The number of sulfonamides is 1. The quantitative estimate of drug-likeness (QED) is 0.320. The highest BCUT2D eigenvalue weighted by Crippen LogP contribution is 2.43. The van der Waals surface area contributed by atoms with Crippen LogP contribution >= 0.6 is 11.6 Å². The number of rotatable bonds is 8. The van der Waals surface area contributed by atoms with Crippen LogP contribution in [0.2, 0.25) is 5.02 Å². The van der Waals surface area contributed by atoms with Gasteiger partial charge in [-0.2, -0.15) is 0 Å². The molecule has 0 saturated heterocycles. The summed E-state index contributed by atoms with van der Waals surface area (Å²) >= 11 is 6.44. The Kier molecular flexibility index (Phi) is 8.56.